The number of carbonyl (C=O) groups is 1. The van der Waals surface area contributed by atoms with Crippen molar-refractivity contribution in [3.8, 4) is 0 Å². The maximum atomic E-state index is 10.3. The number of hydrogen-bond acceptors (Lipinski definition) is 3. The van der Waals surface area contributed by atoms with Gasteiger partial charge in [-0.2, -0.15) is 0 Å². The molecule has 5 nitrogen and oxygen atoms in total. The Morgan fingerprint density at radius 1 is 1.33 bits per heavy atom. The molecule has 0 fully saturated rings. The van der Waals surface area contributed by atoms with Gasteiger partial charge < -0.3 is 16.4 Å². The first kappa shape index (κ1) is 11.5. The fourth-order valence-corrected chi connectivity index (χ4v) is 1.16. The van der Waals surface area contributed by atoms with Crippen LogP contribution in [0.4, 0.5) is 4.79 Å². The van der Waals surface area contributed by atoms with E-state index in [9.17, 15) is 4.79 Å². The molecule has 1 rings (SSSR count). The van der Waals surface area contributed by atoms with Crippen LogP contribution in [-0.4, -0.2) is 30.6 Å². The molecule has 0 unspecified atom stereocenters. The Morgan fingerprint density at radius 3 is 2.87 bits per heavy atom. The van der Waals surface area contributed by atoms with E-state index in [0.29, 0.717) is 6.54 Å². The number of nitrogens with one attached hydrogen (secondary N) is 2. The maximum Gasteiger partial charge on any atom is 0.312 e. The number of hydrogen-bond donors (Lipinski definition) is 3. The van der Waals surface area contributed by atoms with Crippen molar-refractivity contribution in [2.24, 2.45) is 5.73 Å². The smallest absolute Gasteiger partial charge is 0.312 e. The summed E-state index contributed by atoms with van der Waals surface area (Å²) in [6, 6.07) is 5.37. The predicted octanol–water partition coefficient (Wildman–Crippen LogP) is -0.118. The largest absolute Gasteiger partial charge is 0.352 e. The van der Waals surface area contributed by atoms with Gasteiger partial charge in [-0.3, -0.25) is 4.98 Å². The molecule has 0 aliphatic carbocycles. The monoisotopic (exact) mass is 208 g/mol. The third-order valence-corrected chi connectivity index (χ3v) is 1.89. The number of aromatic nitrogens is 1. The highest BCUT2D eigenvalue weighted by Gasteiger charge is 1.93. The number of primary amides is 1. The Morgan fingerprint density at radius 2 is 2.20 bits per heavy atom. The van der Waals surface area contributed by atoms with Crippen LogP contribution < -0.4 is 16.4 Å². The molecule has 1 aromatic heterocycles. The SMILES string of the molecule is NC(=O)NCCNCCc1ccccn1. The molecule has 0 aliphatic rings. The van der Waals surface area contributed by atoms with Crippen molar-refractivity contribution in [3.63, 3.8) is 0 Å². The van der Waals surface area contributed by atoms with Gasteiger partial charge in [0, 0.05) is 37.9 Å². The first-order valence-corrected chi connectivity index (χ1v) is 4.93. The quantitative estimate of drug-likeness (QED) is 0.570. The van der Waals surface area contributed by atoms with Crippen molar-refractivity contribution in [1.29, 1.82) is 0 Å². The zero-order valence-corrected chi connectivity index (χ0v) is 8.57. The van der Waals surface area contributed by atoms with Gasteiger partial charge in [-0.1, -0.05) is 6.07 Å². The van der Waals surface area contributed by atoms with E-state index < -0.39 is 6.03 Å². The number of carbonyl (C=O) groups excluding carboxylic acids is 1. The lowest BCUT2D eigenvalue weighted by Gasteiger charge is -2.04. The molecule has 82 valence electrons. The van der Waals surface area contributed by atoms with Crippen LogP contribution in [0.25, 0.3) is 0 Å². The average molecular weight is 208 g/mol. The second-order valence-corrected chi connectivity index (χ2v) is 3.11. The number of rotatable bonds is 6. The summed E-state index contributed by atoms with van der Waals surface area (Å²) >= 11 is 0. The van der Waals surface area contributed by atoms with Crippen LogP contribution in [0.2, 0.25) is 0 Å². The molecule has 5 heteroatoms. The maximum absolute atomic E-state index is 10.3. The van der Waals surface area contributed by atoms with E-state index in [2.05, 4.69) is 15.6 Å². The third kappa shape index (κ3) is 5.64. The first-order valence-electron chi connectivity index (χ1n) is 4.93. The molecular formula is C10H16N4O. The minimum Gasteiger partial charge on any atom is -0.352 e. The molecule has 2 amide bonds. The molecule has 0 aromatic carbocycles. The summed E-state index contributed by atoms with van der Waals surface area (Å²) in [4.78, 5) is 14.5. The van der Waals surface area contributed by atoms with Gasteiger partial charge in [0.25, 0.3) is 0 Å². The normalized spacial score (nSPS) is 9.87. The second kappa shape index (κ2) is 6.78. The molecule has 4 N–H and O–H groups in total. The van der Waals surface area contributed by atoms with Crippen LogP contribution in [0.1, 0.15) is 5.69 Å². The molecule has 0 atom stereocenters. The van der Waals surface area contributed by atoms with E-state index in [1.165, 1.54) is 0 Å². The minimum absolute atomic E-state index is 0.485. The summed E-state index contributed by atoms with van der Waals surface area (Å²) in [5, 5.41) is 5.68. The van der Waals surface area contributed by atoms with Crippen LogP contribution in [0.5, 0.6) is 0 Å². The lowest BCUT2D eigenvalue weighted by molar-refractivity contribution is 0.249. The van der Waals surface area contributed by atoms with Gasteiger partial charge in [-0.25, -0.2) is 4.79 Å². The fourth-order valence-electron chi connectivity index (χ4n) is 1.16. The Bertz CT molecular complexity index is 289. The van der Waals surface area contributed by atoms with Crippen LogP contribution in [0.15, 0.2) is 24.4 Å². The van der Waals surface area contributed by atoms with E-state index in [1.807, 2.05) is 18.2 Å². The molecule has 0 saturated heterocycles. The molecule has 1 aromatic rings. The van der Waals surface area contributed by atoms with Crippen molar-refractivity contribution in [2.75, 3.05) is 19.6 Å². The van der Waals surface area contributed by atoms with Gasteiger partial charge in [0.15, 0.2) is 0 Å². The van der Waals surface area contributed by atoms with E-state index in [4.69, 9.17) is 5.73 Å². The number of amides is 2. The zero-order chi connectivity index (χ0) is 10.9. The average Bonchev–Trinajstić information content (AvgIpc) is 2.24. The summed E-state index contributed by atoms with van der Waals surface area (Å²) in [5.41, 5.74) is 5.97. The molecule has 1 heterocycles. The summed E-state index contributed by atoms with van der Waals surface area (Å²) in [6.45, 7) is 2.12. The number of urea groups is 1. The zero-order valence-electron chi connectivity index (χ0n) is 8.57. The molecule has 0 radical (unpaired) electrons. The predicted molar refractivity (Wildman–Crippen MR) is 58.4 cm³/mol. The molecule has 0 spiro atoms. The Hall–Kier alpha value is -1.62. The summed E-state index contributed by atoms with van der Waals surface area (Å²) < 4.78 is 0. The highest BCUT2D eigenvalue weighted by Crippen LogP contribution is 1.92. The molecule has 15 heavy (non-hydrogen) atoms. The van der Waals surface area contributed by atoms with Crippen LogP contribution in [0, 0.1) is 0 Å². The molecule has 0 saturated carbocycles. The molecular weight excluding hydrogens is 192 g/mol. The van der Waals surface area contributed by atoms with E-state index >= 15 is 0 Å². The standard InChI is InChI=1S/C10H16N4O/c11-10(15)14-8-7-12-6-4-9-3-1-2-5-13-9/h1-3,5,12H,4,6-8H2,(H3,11,14,15). The van der Waals surface area contributed by atoms with Gasteiger partial charge in [0.1, 0.15) is 0 Å². The lowest BCUT2D eigenvalue weighted by atomic mass is 10.3. The Balaban J connectivity index is 2.00. The number of nitrogens with zero attached hydrogens (tertiary/aromatic N) is 1. The van der Waals surface area contributed by atoms with E-state index in [-0.39, 0.29) is 0 Å². The Kier molecular flexibility index (Phi) is 5.18. The van der Waals surface area contributed by atoms with Crippen molar-refractivity contribution >= 4 is 6.03 Å². The van der Waals surface area contributed by atoms with E-state index in [1.54, 1.807) is 6.20 Å². The third-order valence-electron chi connectivity index (χ3n) is 1.89. The van der Waals surface area contributed by atoms with Crippen LogP contribution >= 0.6 is 0 Å². The van der Waals surface area contributed by atoms with Crippen molar-refractivity contribution in [1.82, 2.24) is 15.6 Å². The van der Waals surface area contributed by atoms with Crippen molar-refractivity contribution in [3.05, 3.63) is 30.1 Å². The molecule has 0 aliphatic heterocycles. The Labute approximate surface area is 89.1 Å². The first-order chi connectivity index (χ1) is 7.29. The van der Waals surface area contributed by atoms with Gasteiger partial charge >= 0.3 is 6.03 Å². The van der Waals surface area contributed by atoms with Gasteiger partial charge in [-0.05, 0) is 12.1 Å². The topological polar surface area (TPSA) is 80.0 Å². The highest BCUT2D eigenvalue weighted by molar-refractivity contribution is 5.71. The lowest BCUT2D eigenvalue weighted by Crippen LogP contribution is -2.35. The van der Waals surface area contributed by atoms with Gasteiger partial charge in [-0.15, -0.1) is 0 Å². The van der Waals surface area contributed by atoms with Crippen LogP contribution in [-0.2, 0) is 6.42 Å². The van der Waals surface area contributed by atoms with E-state index in [0.717, 1.165) is 25.2 Å². The minimum atomic E-state index is -0.485. The van der Waals surface area contributed by atoms with Gasteiger partial charge in [0.05, 0.1) is 0 Å². The second-order valence-electron chi connectivity index (χ2n) is 3.11. The number of pyridine rings is 1. The van der Waals surface area contributed by atoms with Gasteiger partial charge in [0.2, 0.25) is 0 Å². The summed E-state index contributed by atoms with van der Waals surface area (Å²) in [6.07, 6.45) is 2.67. The summed E-state index contributed by atoms with van der Waals surface area (Å²) in [7, 11) is 0. The van der Waals surface area contributed by atoms with Crippen molar-refractivity contribution < 1.29 is 4.79 Å². The molecule has 0 bridgehead atoms. The summed E-state index contributed by atoms with van der Waals surface area (Å²) in [5.74, 6) is 0. The highest BCUT2D eigenvalue weighted by atomic mass is 16.2. The fraction of sp³-hybridized carbons (Fsp3) is 0.400. The number of nitrogens with two attached hydrogens (primary N) is 1. The van der Waals surface area contributed by atoms with Crippen molar-refractivity contribution in [2.45, 2.75) is 6.42 Å². The van der Waals surface area contributed by atoms with Crippen LogP contribution in [0.3, 0.4) is 0 Å².